The molecule has 1 N–H and O–H groups in total. The molecule has 4 heteroatoms. The summed E-state index contributed by atoms with van der Waals surface area (Å²) in [6.07, 6.45) is 0. The predicted molar refractivity (Wildman–Crippen MR) is 60.9 cm³/mol. The van der Waals surface area contributed by atoms with E-state index in [1.165, 1.54) is 0 Å². The number of hydrogen-bond donors (Lipinski definition) is 1. The normalized spacial score (nSPS) is 15.7. The van der Waals surface area contributed by atoms with Crippen molar-refractivity contribution in [3.05, 3.63) is 24.3 Å². The topological polar surface area (TPSA) is 49.8 Å². The van der Waals surface area contributed by atoms with Crippen LogP contribution < -0.4 is 9.64 Å². The van der Waals surface area contributed by atoms with Crippen molar-refractivity contribution in [1.82, 2.24) is 0 Å². The molecule has 0 aromatic heterocycles. The van der Waals surface area contributed by atoms with Crippen LogP contribution in [0, 0.1) is 5.92 Å². The number of rotatable bonds is 4. The Kier molecular flexibility index (Phi) is 2.99. The number of aliphatic carboxylic acids is 1. The highest BCUT2D eigenvalue weighted by Crippen LogP contribution is 2.32. The predicted octanol–water partition coefficient (Wildman–Crippen LogP) is 1.61. The second-order valence-electron chi connectivity index (χ2n) is 4.16. The molecular formula is C12H15NO3. The summed E-state index contributed by atoms with van der Waals surface area (Å²) in [7, 11) is 0. The van der Waals surface area contributed by atoms with Crippen molar-refractivity contribution in [2.75, 3.05) is 24.6 Å². The van der Waals surface area contributed by atoms with Crippen LogP contribution in [0.25, 0.3) is 0 Å². The lowest BCUT2D eigenvalue weighted by atomic mass is 10.0. The summed E-state index contributed by atoms with van der Waals surface area (Å²) < 4.78 is 5.25. The van der Waals surface area contributed by atoms with E-state index >= 15 is 0 Å². The minimum absolute atomic E-state index is 0.291. The van der Waals surface area contributed by atoms with Gasteiger partial charge in [-0.1, -0.05) is 19.1 Å². The van der Waals surface area contributed by atoms with E-state index < -0.39 is 5.97 Å². The molecule has 0 atom stereocenters. The smallest absolute Gasteiger partial charge is 0.341 e. The maximum Gasteiger partial charge on any atom is 0.341 e. The van der Waals surface area contributed by atoms with Crippen molar-refractivity contribution in [2.24, 2.45) is 5.92 Å². The van der Waals surface area contributed by atoms with Crippen LogP contribution in [0.3, 0.4) is 0 Å². The summed E-state index contributed by atoms with van der Waals surface area (Å²) in [4.78, 5) is 12.6. The number of anilines is 1. The zero-order chi connectivity index (χ0) is 11.5. The van der Waals surface area contributed by atoms with E-state index in [-0.39, 0.29) is 6.61 Å². The van der Waals surface area contributed by atoms with Crippen LogP contribution in [0.4, 0.5) is 5.69 Å². The first-order chi connectivity index (χ1) is 7.66. The molecule has 86 valence electrons. The second kappa shape index (κ2) is 4.43. The average Bonchev–Trinajstić information content (AvgIpc) is 2.22. The largest absolute Gasteiger partial charge is 0.480 e. The van der Waals surface area contributed by atoms with Gasteiger partial charge in [-0.25, -0.2) is 4.79 Å². The van der Waals surface area contributed by atoms with Crippen molar-refractivity contribution in [1.29, 1.82) is 0 Å². The van der Waals surface area contributed by atoms with Gasteiger partial charge in [0.25, 0.3) is 0 Å². The van der Waals surface area contributed by atoms with Crippen LogP contribution in [0.15, 0.2) is 24.3 Å². The number of carbonyl (C=O) groups is 1. The molecule has 16 heavy (non-hydrogen) atoms. The maximum absolute atomic E-state index is 10.5. The van der Waals surface area contributed by atoms with Crippen LogP contribution in [-0.2, 0) is 4.79 Å². The Hall–Kier alpha value is -1.71. The lowest BCUT2D eigenvalue weighted by Crippen LogP contribution is -2.45. The van der Waals surface area contributed by atoms with Gasteiger partial charge in [-0.2, -0.15) is 0 Å². The van der Waals surface area contributed by atoms with Crippen LogP contribution in [-0.4, -0.2) is 30.8 Å². The molecule has 1 aromatic carbocycles. The highest BCUT2D eigenvalue weighted by Gasteiger charge is 2.24. The van der Waals surface area contributed by atoms with E-state index in [1.54, 1.807) is 6.07 Å². The Bertz CT molecular complexity index is 386. The Labute approximate surface area is 94.4 Å². The van der Waals surface area contributed by atoms with E-state index in [9.17, 15) is 4.79 Å². The average molecular weight is 221 g/mol. The van der Waals surface area contributed by atoms with E-state index in [1.807, 2.05) is 18.2 Å². The first-order valence-corrected chi connectivity index (χ1v) is 5.35. The van der Waals surface area contributed by atoms with Crippen molar-refractivity contribution in [2.45, 2.75) is 6.92 Å². The van der Waals surface area contributed by atoms with Crippen LogP contribution in [0.1, 0.15) is 6.92 Å². The van der Waals surface area contributed by atoms with Gasteiger partial charge < -0.3 is 14.7 Å². The molecule has 0 amide bonds. The third-order valence-corrected chi connectivity index (χ3v) is 2.62. The van der Waals surface area contributed by atoms with Crippen molar-refractivity contribution in [3.63, 3.8) is 0 Å². The number of carboxylic acid groups (broad SMARTS) is 1. The lowest BCUT2D eigenvalue weighted by molar-refractivity contribution is -0.139. The zero-order valence-corrected chi connectivity index (χ0v) is 9.22. The first-order valence-electron chi connectivity index (χ1n) is 5.35. The Morgan fingerprint density at radius 1 is 1.50 bits per heavy atom. The molecule has 0 saturated carbocycles. The molecule has 2 rings (SSSR count). The van der Waals surface area contributed by atoms with Crippen molar-refractivity contribution >= 4 is 11.7 Å². The molecule has 1 saturated heterocycles. The third-order valence-electron chi connectivity index (χ3n) is 2.62. The lowest BCUT2D eigenvalue weighted by Gasteiger charge is -2.39. The van der Waals surface area contributed by atoms with E-state index in [0.717, 1.165) is 18.8 Å². The number of para-hydroxylation sites is 2. The Morgan fingerprint density at radius 2 is 2.19 bits per heavy atom. The molecule has 1 fully saturated rings. The van der Waals surface area contributed by atoms with E-state index in [4.69, 9.17) is 9.84 Å². The maximum atomic E-state index is 10.5. The molecule has 0 radical (unpaired) electrons. The van der Waals surface area contributed by atoms with Gasteiger partial charge in [0.05, 0.1) is 5.69 Å². The fraction of sp³-hybridized carbons (Fsp3) is 0.417. The van der Waals surface area contributed by atoms with Gasteiger partial charge in [-0.15, -0.1) is 0 Å². The number of ether oxygens (including phenoxy) is 1. The van der Waals surface area contributed by atoms with E-state index in [2.05, 4.69) is 11.8 Å². The molecule has 1 aliphatic heterocycles. The minimum atomic E-state index is -0.952. The van der Waals surface area contributed by atoms with Gasteiger partial charge in [0, 0.05) is 13.1 Å². The Balaban J connectivity index is 2.08. The summed E-state index contributed by atoms with van der Waals surface area (Å²) in [6.45, 7) is 3.92. The van der Waals surface area contributed by atoms with Gasteiger partial charge in [0.15, 0.2) is 6.61 Å². The molecule has 1 aliphatic rings. The second-order valence-corrected chi connectivity index (χ2v) is 4.16. The monoisotopic (exact) mass is 221 g/mol. The van der Waals surface area contributed by atoms with Gasteiger partial charge >= 0.3 is 5.97 Å². The van der Waals surface area contributed by atoms with Gasteiger partial charge in [0.2, 0.25) is 0 Å². The SMILES string of the molecule is CC1CN(c2ccccc2OCC(=O)O)C1. The summed E-state index contributed by atoms with van der Waals surface area (Å²) in [6, 6.07) is 7.56. The van der Waals surface area contributed by atoms with Crippen LogP contribution in [0.5, 0.6) is 5.75 Å². The standard InChI is InChI=1S/C12H15NO3/c1-9-6-13(7-9)10-4-2-3-5-11(10)16-8-12(14)15/h2-5,9H,6-8H2,1H3,(H,14,15). The molecular weight excluding hydrogens is 206 g/mol. The summed E-state index contributed by atoms with van der Waals surface area (Å²) >= 11 is 0. The fourth-order valence-corrected chi connectivity index (χ4v) is 1.88. The van der Waals surface area contributed by atoms with Gasteiger partial charge in [-0.05, 0) is 18.1 Å². The highest BCUT2D eigenvalue weighted by molar-refractivity contribution is 5.69. The molecule has 1 aromatic rings. The fourth-order valence-electron chi connectivity index (χ4n) is 1.88. The number of hydrogen-bond acceptors (Lipinski definition) is 3. The zero-order valence-electron chi connectivity index (χ0n) is 9.22. The third kappa shape index (κ3) is 2.27. The molecule has 0 bridgehead atoms. The van der Waals surface area contributed by atoms with Gasteiger partial charge in [-0.3, -0.25) is 0 Å². The highest BCUT2D eigenvalue weighted by atomic mass is 16.5. The molecule has 0 spiro atoms. The molecule has 0 aliphatic carbocycles. The van der Waals surface area contributed by atoms with Crippen molar-refractivity contribution in [3.8, 4) is 5.75 Å². The quantitative estimate of drug-likeness (QED) is 0.839. The van der Waals surface area contributed by atoms with Gasteiger partial charge in [0.1, 0.15) is 5.75 Å². The summed E-state index contributed by atoms with van der Waals surface area (Å²) in [5.74, 6) is 0.399. The van der Waals surface area contributed by atoms with E-state index in [0.29, 0.717) is 11.7 Å². The molecule has 1 heterocycles. The molecule has 4 nitrogen and oxygen atoms in total. The van der Waals surface area contributed by atoms with Crippen molar-refractivity contribution < 1.29 is 14.6 Å². The summed E-state index contributed by atoms with van der Waals surface area (Å²) in [5.41, 5.74) is 0.988. The number of benzene rings is 1. The summed E-state index contributed by atoms with van der Waals surface area (Å²) in [5, 5.41) is 8.58. The number of nitrogens with zero attached hydrogens (tertiary/aromatic N) is 1. The number of carboxylic acids is 1. The first kappa shape index (κ1) is 10.8. The minimum Gasteiger partial charge on any atom is -0.480 e. The van der Waals surface area contributed by atoms with Crippen LogP contribution >= 0.6 is 0 Å². The Morgan fingerprint density at radius 3 is 2.81 bits per heavy atom. The van der Waals surface area contributed by atoms with Crippen LogP contribution in [0.2, 0.25) is 0 Å². The molecule has 0 unspecified atom stereocenters.